The number of rotatable bonds is 4. The van der Waals surface area contributed by atoms with E-state index in [9.17, 15) is 9.59 Å². The van der Waals surface area contributed by atoms with Crippen molar-refractivity contribution in [2.45, 2.75) is 70.9 Å². The summed E-state index contributed by atoms with van der Waals surface area (Å²) in [5, 5.41) is 2.64. The number of aldehydes is 1. The van der Waals surface area contributed by atoms with Gasteiger partial charge in [0.05, 0.1) is 6.04 Å². The fourth-order valence-electron chi connectivity index (χ4n) is 2.39. The van der Waals surface area contributed by atoms with Crippen LogP contribution in [0.15, 0.2) is 0 Å². The van der Waals surface area contributed by atoms with Crippen molar-refractivity contribution < 1.29 is 14.3 Å². The number of hydrogen-bond donors (Lipinski definition) is 1. The van der Waals surface area contributed by atoms with E-state index in [-0.39, 0.29) is 0 Å². The van der Waals surface area contributed by atoms with Crippen molar-refractivity contribution >= 4 is 12.4 Å². The lowest BCUT2D eigenvalue weighted by Crippen LogP contribution is -2.41. The molecule has 0 heterocycles. The van der Waals surface area contributed by atoms with Crippen LogP contribution in [-0.4, -0.2) is 24.0 Å². The Balaban J connectivity index is 2.36. The smallest absolute Gasteiger partial charge is 0.408 e. The predicted molar refractivity (Wildman–Crippen MR) is 70.4 cm³/mol. The lowest BCUT2D eigenvalue weighted by molar-refractivity contribution is -0.110. The monoisotopic (exact) mass is 255 g/mol. The van der Waals surface area contributed by atoms with E-state index in [0.717, 1.165) is 12.7 Å². The Kier molecular flexibility index (Phi) is 5.63. The third-order valence-electron chi connectivity index (χ3n) is 3.18. The normalized spacial score (nSPS) is 19.1. The molecule has 0 aromatic carbocycles. The van der Waals surface area contributed by atoms with Crippen LogP contribution >= 0.6 is 0 Å². The number of nitrogens with one attached hydrogen (secondary N) is 1. The molecule has 0 bridgehead atoms. The molecular formula is C14H25NO3. The average Bonchev–Trinajstić information content (AvgIpc) is 2.27. The number of carbonyl (C=O) groups excluding carboxylic acids is 2. The Bertz CT molecular complexity index is 277. The summed E-state index contributed by atoms with van der Waals surface area (Å²) in [7, 11) is 0. The van der Waals surface area contributed by atoms with Crippen molar-refractivity contribution in [3.8, 4) is 0 Å². The lowest BCUT2D eigenvalue weighted by Gasteiger charge is -2.25. The third kappa shape index (κ3) is 6.03. The summed E-state index contributed by atoms with van der Waals surface area (Å²) < 4.78 is 5.15. The average molecular weight is 255 g/mol. The summed E-state index contributed by atoms with van der Waals surface area (Å²) >= 11 is 0. The van der Waals surface area contributed by atoms with Gasteiger partial charge in [0, 0.05) is 0 Å². The Hall–Kier alpha value is -1.06. The zero-order valence-corrected chi connectivity index (χ0v) is 11.7. The standard InChI is InChI=1S/C14H25NO3/c1-14(2,3)18-13(17)15-12(10-16)9-11-7-5-4-6-8-11/h10-12H,4-9H2,1-3H3,(H,15,17)/t12-/m0/s1. The van der Waals surface area contributed by atoms with E-state index >= 15 is 0 Å². The second kappa shape index (κ2) is 6.76. The second-order valence-corrected chi connectivity index (χ2v) is 6.13. The Morgan fingerprint density at radius 1 is 1.33 bits per heavy atom. The van der Waals surface area contributed by atoms with Crippen LogP contribution in [0.4, 0.5) is 4.79 Å². The SMILES string of the molecule is CC(C)(C)OC(=O)N[C@H](C=O)CC1CCCCC1. The third-order valence-corrected chi connectivity index (χ3v) is 3.18. The van der Waals surface area contributed by atoms with Crippen molar-refractivity contribution in [2.75, 3.05) is 0 Å². The molecule has 0 radical (unpaired) electrons. The van der Waals surface area contributed by atoms with E-state index in [2.05, 4.69) is 5.32 Å². The van der Waals surface area contributed by atoms with Gasteiger partial charge >= 0.3 is 6.09 Å². The van der Waals surface area contributed by atoms with Crippen LogP contribution in [0.25, 0.3) is 0 Å². The highest BCUT2D eigenvalue weighted by molar-refractivity contribution is 5.73. The van der Waals surface area contributed by atoms with E-state index in [4.69, 9.17) is 4.74 Å². The number of carbonyl (C=O) groups is 2. The van der Waals surface area contributed by atoms with Crippen LogP contribution in [0.1, 0.15) is 59.3 Å². The summed E-state index contributed by atoms with van der Waals surface area (Å²) in [5.74, 6) is 0.559. The van der Waals surface area contributed by atoms with Gasteiger partial charge in [-0.2, -0.15) is 0 Å². The van der Waals surface area contributed by atoms with Crippen LogP contribution in [0.3, 0.4) is 0 Å². The van der Waals surface area contributed by atoms with Crippen molar-refractivity contribution in [1.82, 2.24) is 5.32 Å². The highest BCUT2D eigenvalue weighted by Crippen LogP contribution is 2.27. The van der Waals surface area contributed by atoms with Gasteiger partial charge in [-0.1, -0.05) is 32.1 Å². The van der Waals surface area contributed by atoms with Gasteiger partial charge in [0.25, 0.3) is 0 Å². The molecule has 0 saturated heterocycles. The Labute approximate surface area is 109 Å². The van der Waals surface area contributed by atoms with Crippen molar-refractivity contribution in [3.63, 3.8) is 0 Å². The molecule has 104 valence electrons. The molecule has 1 atom stereocenters. The van der Waals surface area contributed by atoms with E-state index in [0.29, 0.717) is 5.92 Å². The molecule has 1 saturated carbocycles. The Morgan fingerprint density at radius 2 is 1.94 bits per heavy atom. The number of amides is 1. The molecule has 1 fully saturated rings. The summed E-state index contributed by atoms with van der Waals surface area (Å²) in [5.41, 5.74) is -0.525. The molecule has 18 heavy (non-hydrogen) atoms. The molecule has 1 aliphatic carbocycles. The largest absolute Gasteiger partial charge is 0.444 e. The summed E-state index contributed by atoms with van der Waals surface area (Å²) in [6.45, 7) is 5.43. The van der Waals surface area contributed by atoms with Crippen LogP contribution < -0.4 is 5.32 Å². The minimum absolute atomic E-state index is 0.414. The molecule has 0 unspecified atom stereocenters. The quantitative estimate of drug-likeness (QED) is 0.785. The maximum atomic E-state index is 11.6. The highest BCUT2D eigenvalue weighted by atomic mass is 16.6. The summed E-state index contributed by atoms with van der Waals surface area (Å²) in [6.07, 6.45) is 7.16. The number of ether oxygens (including phenoxy) is 1. The molecule has 1 amide bonds. The molecule has 4 nitrogen and oxygen atoms in total. The van der Waals surface area contributed by atoms with E-state index < -0.39 is 17.7 Å². The lowest BCUT2D eigenvalue weighted by atomic mass is 9.85. The zero-order chi connectivity index (χ0) is 13.6. The molecule has 1 N–H and O–H groups in total. The van der Waals surface area contributed by atoms with Crippen molar-refractivity contribution in [2.24, 2.45) is 5.92 Å². The van der Waals surface area contributed by atoms with Crippen LogP contribution in [0.2, 0.25) is 0 Å². The van der Waals surface area contributed by atoms with Crippen LogP contribution in [0.5, 0.6) is 0 Å². The zero-order valence-electron chi connectivity index (χ0n) is 11.7. The Morgan fingerprint density at radius 3 is 2.44 bits per heavy atom. The summed E-state index contributed by atoms with van der Waals surface area (Å²) in [4.78, 5) is 22.6. The first-order valence-corrected chi connectivity index (χ1v) is 6.85. The van der Waals surface area contributed by atoms with Gasteiger partial charge in [-0.3, -0.25) is 0 Å². The van der Waals surface area contributed by atoms with Gasteiger partial charge < -0.3 is 14.8 Å². The van der Waals surface area contributed by atoms with Gasteiger partial charge in [0.15, 0.2) is 0 Å². The molecule has 1 aliphatic rings. The highest BCUT2D eigenvalue weighted by Gasteiger charge is 2.22. The van der Waals surface area contributed by atoms with Gasteiger partial charge in [0.1, 0.15) is 11.9 Å². The first-order valence-electron chi connectivity index (χ1n) is 6.85. The van der Waals surface area contributed by atoms with E-state index in [1.165, 1.54) is 32.1 Å². The molecular weight excluding hydrogens is 230 g/mol. The van der Waals surface area contributed by atoms with Gasteiger partial charge in [0.2, 0.25) is 0 Å². The topological polar surface area (TPSA) is 55.4 Å². The number of hydrogen-bond acceptors (Lipinski definition) is 3. The summed E-state index contributed by atoms with van der Waals surface area (Å²) in [6, 6.07) is -0.414. The molecule has 1 rings (SSSR count). The fraction of sp³-hybridized carbons (Fsp3) is 0.857. The first kappa shape index (κ1) is 15.0. The van der Waals surface area contributed by atoms with Crippen molar-refractivity contribution in [1.29, 1.82) is 0 Å². The molecule has 0 spiro atoms. The van der Waals surface area contributed by atoms with Crippen LogP contribution in [-0.2, 0) is 9.53 Å². The second-order valence-electron chi connectivity index (χ2n) is 6.13. The molecule has 0 aliphatic heterocycles. The molecule has 0 aromatic rings. The van der Waals surface area contributed by atoms with Gasteiger partial charge in [-0.25, -0.2) is 4.79 Å². The van der Waals surface area contributed by atoms with Crippen LogP contribution in [0, 0.1) is 5.92 Å². The first-order chi connectivity index (χ1) is 8.40. The van der Waals surface area contributed by atoms with Crippen molar-refractivity contribution in [3.05, 3.63) is 0 Å². The maximum absolute atomic E-state index is 11.6. The molecule has 0 aromatic heterocycles. The number of alkyl carbamates (subject to hydrolysis) is 1. The molecule has 4 heteroatoms. The van der Waals surface area contributed by atoms with E-state index in [1.54, 1.807) is 0 Å². The predicted octanol–water partition coefficient (Wildman–Crippen LogP) is 3.05. The minimum Gasteiger partial charge on any atom is -0.444 e. The van der Waals surface area contributed by atoms with Gasteiger partial charge in [-0.05, 0) is 33.1 Å². The maximum Gasteiger partial charge on any atom is 0.408 e. The van der Waals surface area contributed by atoms with Gasteiger partial charge in [-0.15, -0.1) is 0 Å². The fourth-order valence-corrected chi connectivity index (χ4v) is 2.39. The van der Waals surface area contributed by atoms with E-state index in [1.807, 2.05) is 20.8 Å². The minimum atomic E-state index is -0.525.